The lowest BCUT2D eigenvalue weighted by Crippen LogP contribution is -2.40. The number of halogens is 2. The van der Waals surface area contributed by atoms with Gasteiger partial charge >= 0.3 is 6.61 Å². The molecule has 0 amide bonds. The van der Waals surface area contributed by atoms with Crippen LogP contribution in [-0.2, 0) is 4.74 Å². The van der Waals surface area contributed by atoms with Gasteiger partial charge in [0.1, 0.15) is 5.75 Å². The van der Waals surface area contributed by atoms with Crippen molar-refractivity contribution in [2.24, 2.45) is 0 Å². The summed E-state index contributed by atoms with van der Waals surface area (Å²) in [6.07, 6.45) is 0.767. The van der Waals surface area contributed by atoms with E-state index < -0.39 is 6.61 Å². The van der Waals surface area contributed by atoms with E-state index in [2.05, 4.69) is 10.1 Å². The molecule has 0 spiro atoms. The molecule has 0 saturated carbocycles. The molecule has 0 aromatic heterocycles. The van der Waals surface area contributed by atoms with Gasteiger partial charge in [0.05, 0.1) is 12.2 Å². The lowest BCUT2D eigenvalue weighted by molar-refractivity contribution is -0.0607. The van der Waals surface area contributed by atoms with Gasteiger partial charge in [0.15, 0.2) is 0 Å². The van der Waals surface area contributed by atoms with E-state index in [4.69, 9.17) is 4.74 Å². The van der Waals surface area contributed by atoms with E-state index in [1.54, 1.807) is 24.3 Å². The van der Waals surface area contributed by atoms with Crippen molar-refractivity contribution in [2.45, 2.75) is 32.2 Å². The van der Waals surface area contributed by atoms with Crippen molar-refractivity contribution in [3.63, 3.8) is 0 Å². The van der Waals surface area contributed by atoms with E-state index in [0.717, 1.165) is 13.0 Å². The molecule has 0 radical (unpaired) electrons. The maximum Gasteiger partial charge on any atom is 0.387 e. The van der Waals surface area contributed by atoms with Gasteiger partial charge in [0, 0.05) is 18.7 Å². The third kappa shape index (κ3) is 3.17. The Labute approximate surface area is 105 Å². The monoisotopic (exact) mass is 257 g/mol. The Morgan fingerprint density at radius 1 is 1.39 bits per heavy atom. The second-order valence-electron chi connectivity index (χ2n) is 4.23. The van der Waals surface area contributed by atoms with Crippen molar-refractivity contribution in [1.82, 2.24) is 5.32 Å². The lowest BCUT2D eigenvalue weighted by Gasteiger charge is -2.31. The summed E-state index contributed by atoms with van der Waals surface area (Å²) in [5, 5.41) is 3.25. The van der Waals surface area contributed by atoms with Crippen molar-refractivity contribution < 1.29 is 18.3 Å². The Balaban J connectivity index is 2.16. The van der Waals surface area contributed by atoms with Gasteiger partial charge in [-0.2, -0.15) is 8.78 Å². The van der Waals surface area contributed by atoms with Crippen LogP contribution in [0.25, 0.3) is 0 Å². The molecule has 1 heterocycles. The van der Waals surface area contributed by atoms with Crippen LogP contribution in [0.5, 0.6) is 5.75 Å². The summed E-state index contributed by atoms with van der Waals surface area (Å²) in [7, 11) is 0. The van der Waals surface area contributed by atoms with Crippen LogP contribution in [0.3, 0.4) is 0 Å². The van der Waals surface area contributed by atoms with Crippen LogP contribution in [0, 0.1) is 0 Å². The number of alkyl halides is 2. The Bertz CT molecular complexity index is 387. The largest absolute Gasteiger partial charge is 0.434 e. The quantitative estimate of drug-likeness (QED) is 0.899. The molecule has 0 aliphatic carbocycles. The van der Waals surface area contributed by atoms with Gasteiger partial charge in [-0.25, -0.2) is 0 Å². The van der Waals surface area contributed by atoms with Crippen LogP contribution in [-0.4, -0.2) is 25.8 Å². The van der Waals surface area contributed by atoms with Crippen molar-refractivity contribution in [3.05, 3.63) is 29.8 Å². The van der Waals surface area contributed by atoms with Crippen LogP contribution in [0.4, 0.5) is 8.78 Å². The Morgan fingerprint density at radius 3 is 2.89 bits per heavy atom. The highest BCUT2D eigenvalue weighted by molar-refractivity contribution is 5.35. The van der Waals surface area contributed by atoms with Gasteiger partial charge < -0.3 is 14.8 Å². The minimum atomic E-state index is -2.82. The van der Waals surface area contributed by atoms with Crippen molar-refractivity contribution in [1.29, 1.82) is 0 Å². The molecule has 2 unspecified atom stereocenters. The first-order valence-electron chi connectivity index (χ1n) is 6.10. The number of morpholine rings is 1. The summed E-state index contributed by atoms with van der Waals surface area (Å²) in [5.74, 6) is 0.191. The maximum atomic E-state index is 12.3. The molecular weight excluding hydrogens is 240 g/mol. The van der Waals surface area contributed by atoms with Crippen LogP contribution in [0.15, 0.2) is 24.3 Å². The summed E-state index contributed by atoms with van der Waals surface area (Å²) in [5.41, 5.74) is 0.670. The molecule has 1 aromatic rings. The van der Waals surface area contributed by atoms with E-state index in [1.165, 1.54) is 0 Å². The average Bonchev–Trinajstić information content (AvgIpc) is 2.39. The number of hydrogen-bond donors (Lipinski definition) is 1. The molecular formula is C13H17F2NO2. The van der Waals surface area contributed by atoms with Crippen LogP contribution < -0.4 is 10.1 Å². The molecule has 1 aliphatic rings. The molecule has 2 rings (SSSR count). The number of para-hydroxylation sites is 1. The van der Waals surface area contributed by atoms with Gasteiger partial charge in [-0.15, -0.1) is 0 Å². The fourth-order valence-electron chi connectivity index (χ4n) is 2.08. The molecule has 18 heavy (non-hydrogen) atoms. The minimum Gasteiger partial charge on any atom is -0.434 e. The number of ether oxygens (including phenoxy) is 2. The molecule has 3 nitrogen and oxygen atoms in total. The SMILES string of the molecule is CCC1CNCC(c2ccccc2OC(F)F)O1. The Morgan fingerprint density at radius 2 is 2.17 bits per heavy atom. The van der Waals surface area contributed by atoms with E-state index in [-0.39, 0.29) is 18.0 Å². The van der Waals surface area contributed by atoms with Crippen molar-refractivity contribution in [2.75, 3.05) is 13.1 Å². The van der Waals surface area contributed by atoms with Gasteiger partial charge in [-0.1, -0.05) is 25.1 Å². The first kappa shape index (κ1) is 13.2. The number of benzene rings is 1. The Kier molecular flexibility index (Phi) is 4.49. The molecule has 1 aromatic carbocycles. The summed E-state index contributed by atoms with van der Waals surface area (Å²) in [6.45, 7) is 0.631. The first-order chi connectivity index (χ1) is 8.70. The molecule has 1 fully saturated rings. The smallest absolute Gasteiger partial charge is 0.387 e. The van der Waals surface area contributed by atoms with Crippen LogP contribution >= 0.6 is 0 Å². The van der Waals surface area contributed by atoms with Gasteiger partial charge in [0.25, 0.3) is 0 Å². The molecule has 100 valence electrons. The lowest BCUT2D eigenvalue weighted by atomic mass is 10.1. The zero-order valence-electron chi connectivity index (χ0n) is 10.2. The van der Waals surface area contributed by atoms with E-state index in [9.17, 15) is 8.78 Å². The third-order valence-electron chi connectivity index (χ3n) is 3.00. The highest BCUT2D eigenvalue weighted by Crippen LogP contribution is 2.31. The predicted octanol–water partition coefficient (Wildman–Crippen LogP) is 2.73. The fraction of sp³-hybridized carbons (Fsp3) is 0.538. The third-order valence-corrected chi connectivity index (χ3v) is 3.00. The Hall–Kier alpha value is -1.20. The van der Waals surface area contributed by atoms with Gasteiger partial charge in [-0.05, 0) is 12.5 Å². The van der Waals surface area contributed by atoms with Crippen molar-refractivity contribution in [3.8, 4) is 5.75 Å². The molecule has 1 aliphatic heterocycles. The summed E-state index contributed by atoms with van der Waals surface area (Å²) in [6, 6.07) is 6.78. The van der Waals surface area contributed by atoms with E-state index >= 15 is 0 Å². The normalized spacial score (nSPS) is 24.2. The van der Waals surface area contributed by atoms with Crippen LogP contribution in [0.1, 0.15) is 25.0 Å². The predicted molar refractivity (Wildman–Crippen MR) is 63.8 cm³/mol. The number of nitrogens with one attached hydrogen (secondary N) is 1. The van der Waals surface area contributed by atoms with E-state index in [0.29, 0.717) is 12.1 Å². The minimum absolute atomic E-state index is 0.114. The maximum absolute atomic E-state index is 12.3. The zero-order valence-corrected chi connectivity index (χ0v) is 10.2. The molecule has 1 N–H and O–H groups in total. The number of hydrogen-bond acceptors (Lipinski definition) is 3. The summed E-state index contributed by atoms with van der Waals surface area (Å²) < 4.78 is 35.0. The standard InChI is InChI=1S/C13H17F2NO2/c1-2-9-7-16-8-12(17-9)10-5-3-4-6-11(10)18-13(14)15/h3-6,9,12-13,16H,2,7-8H2,1H3. The van der Waals surface area contributed by atoms with Crippen molar-refractivity contribution >= 4 is 0 Å². The zero-order chi connectivity index (χ0) is 13.0. The number of rotatable bonds is 4. The molecule has 2 atom stereocenters. The van der Waals surface area contributed by atoms with Gasteiger partial charge in [-0.3, -0.25) is 0 Å². The molecule has 0 bridgehead atoms. The van der Waals surface area contributed by atoms with E-state index in [1.807, 2.05) is 6.92 Å². The van der Waals surface area contributed by atoms with Crippen LogP contribution in [0.2, 0.25) is 0 Å². The van der Waals surface area contributed by atoms with Gasteiger partial charge in [0.2, 0.25) is 0 Å². The summed E-state index contributed by atoms with van der Waals surface area (Å²) in [4.78, 5) is 0. The summed E-state index contributed by atoms with van der Waals surface area (Å²) >= 11 is 0. The highest BCUT2D eigenvalue weighted by atomic mass is 19.3. The molecule has 5 heteroatoms. The topological polar surface area (TPSA) is 30.5 Å². The first-order valence-corrected chi connectivity index (χ1v) is 6.10. The highest BCUT2D eigenvalue weighted by Gasteiger charge is 2.25. The second-order valence-corrected chi connectivity index (χ2v) is 4.23. The average molecular weight is 257 g/mol. The second kappa shape index (κ2) is 6.11. The molecule has 1 saturated heterocycles. The fourth-order valence-corrected chi connectivity index (χ4v) is 2.08.